The summed E-state index contributed by atoms with van der Waals surface area (Å²) in [7, 11) is -3.76. The average molecular weight is 328 g/mol. The third-order valence-corrected chi connectivity index (χ3v) is 4.43. The number of hydrogen-bond donors (Lipinski definition) is 1. The lowest BCUT2D eigenvalue weighted by Gasteiger charge is -2.07. The van der Waals surface area contributed by atoms with E-state index in [4.69, 9.17) is 11.6 Å². The summed E-state index contributed by atoms with van der Waals surface area (Å²) >= 11 is 5.88. The summed E-state index contributed by atoms with van der Waals surface area (Å²) in [4.78, 5) is 11.3. The number of halogens is 1. The van der Waals surface area contributed by atoms with Crippen molar-refractivity contribution >= 4 is 38.4 Å². The van der Waals surface area contributed by atoms with Gasteiger partial charge in [-0.3, -0.25) is 4.79 Å². The highest BCUT2D eigenvalue weighted by molar-refractivity contribution is 7.89. The van der Waals surface area contributed by atoms with Gasteiger partial charge >= 0.3 is 5.97 Å². The largest absolute Gasteiger partial charge is 0.465 e. The molecule has 0 radical (unpaired) electrons. The van der Waals surface area contributed by atoms with E-state index in [1.54, 1.807) is 31.2 Å². The predicted octanol–water partition coefficient (Wildman–Crippen LogP) is 2.33. The van der Waals surface area contributed by atoms with Crippen LogP contribution in [0.1, 0.15) is 6.92 Å². The second-order valence-corrected chi connectivity index (χ2v) is 6.49. The van der Waals surface area contributed by atoms with Gasteiger partial charge in [-0.1, -0.05) is 23.7 Å². The summed E-state index contributed by atoms with van der Waals surface area (Å²) < 4.78 is 31.1. The number of sulfonamides is 1. The molecule has 1 N–H and O–H groups in total. The Morgan fingerprint density at radius 2 is 1.86 bits per heavy atom. The van der Waals surface area contributed by atoms with Crippen molar-refractivity contribution in [2.75, 3.05) is 13.2 Å². The number of ether oxygens (including phenoxy) is 1. The molecule has 0 aliphatic carbocycles. The minimum atomic E-state index is -3.76. The van der Waals surface area contributed by atoms with Gasteiger partial charge in [-0.25, -0.2) is 8.42 Å². The first kappa shape index (κ1) is 15.8. The molecule has 0 saturated carbocycles. The molecule has 7 heteroatoms. The fourth-order valence-corrected chi connectivity index (χ4v) is 3.00. The van der Waals surface area contributed by atoms with E-state index in [1.165, 1.54) is 12.1 Å². The number of esters is 1. The van der Waals surface area contributed by atoms with Gasteiger partial charge in [-0.15, -0.1) is 0 Å². The van der Waals surface area contributed by atoms with Gasteiger partial charge < -0.3 is 4.74 Å². The molecule has 0 aliphatic heterocycles. The molecule has 0 amide bonds. The normalized spacial score (nSPS) is 11.5. The highest BCUT2D eigenvalue weighted by Crippen LogP contribution is 2.22. The maximum atomic E-state index is 12.1. The molecule has 0 aromatic heterocycles. The van der Waals surface area contributed by atoms with Crippen molar-refractivity contribution in [2.45, 2.75) is 11.8 Å². The predicted molar refractivity (Wildman–Crippen MR) is 80.8 cm³/mol. The number of nitrogens with one attached hydrogen (secondary N) is 1. The van der Waals surface area contributed by atoms with Crippen molar-refractivity contribution in [1.82, 2.24) is 4.72 Å². The first-order chi connectivity index (χ1) is 9.92. The van der Waals surface area contributed by atoms with E-state index < -0.39 is 22.5 Å². The Morgan fingerprint density at radius 1 is 1.19 bits per heavy atom. The van der Waals surface area contributed by atoms with Crippen LogP contribution in [0.25, 0.3) is 10.8 Å². The van der Waals surface area contributed by atoms with Crippen molar-refractivity contribution in [3.05, 3.63) is 41.4 Å². The highest BCUT2D eigenvalue weighted by atomic mass is 35.5. The van der Waals surface area contributed by atoms with Gasteiger partial charge in [0.25, 0.3) is 0 Å². The van der Waals surface area contributed by atoms with Gasteiger partial charge in [0, 0.05) is 5.02 Å². The molecule has 0 atom stereocenters. The molecule has 0 saturated heterocycles. The summed E-state index contributed by atoms with van der Waals surface area (Å²) in [6, 6.07) is 9.83. The summed E-state index contributed by atoms with van der Waals surface area (Å²) in [5.41, 5.74) is 0. The van der Waals surface area contributed by atoms with Gasteiger partial charge in [-0.05, 0) is 42.0 Å². The van der Waals surface area contributed by atoms with Gasteiger partial charge in [0.1, 0.15) is 6.54 Å². The van der Waals surface area contributed by atoms with Crippen LogP contribution in [0.3, 0.4) is 0 Å². The fraction of sp³-hybridized carbons (Fsp3) is 0.214. The third-order valence-electron chi connectivity index (χ3n) is 2.80. The van der Waals surface area contributed by atoms with Gasteiger partial charge in [0.2, 0.25) is 10.0 Å². The zero-order valence-electron chi connectivity index (χ0n) is 11.3. The molecule has 112 valence electrons. The molecule has 21 heavy (non-hydrogen) atoms. The number of carbonyl (C=O) groups is 1. The number of rotatable bonds is 5. The molecule has 2 aromatic rings. The second kappa shape index (κ2) is 6.43. The molecule has 2 aromatic carbocycles. The minimum absolute atomic E-state index is 0.0848. The maximum absolute atomic E-state index is 12.1. The molecule has 5 nitrogen and oxygen atoms in total. The van der Waals surface area contributed by atoms with Crippen LogP contribution >= 0.6 is 11.6 Å². The van der Waals surface area contributed by atoms with Crippen LogP contribution in [-0.4, -0.2) is 27.5 Å². The smallest absolute Gasteiger partial charge is 0.321 e. The number of fused-ring (bicyclic) bond motifs is 1. The Morgan fingerprint density at radius 3 is 2.57 bits per heavy atom. The SMILES string of the molecule is CCOC(=O)CNS(=O)(=O)c1ccc2cc(Cl)ccc2c1. The van der Waals surface area contributed by atoms with Crippen LogP contribution in [0, 0.1) is 0 Å². The number of benzene rings is 2. The van der Waals surface area contributed by atoms with Crippen molar-refractivity contribution in [1.29, 1.82) is 0 Å². The molecule has 0 spiro atoms. The van der Waals surface area contributed by atoms with Crippen LogP contribution in [-0.2, 0) is 19.6 Å². The van der Waals surface area contributed by atoms with E-state index in [0.717, 1.165) is 10.8 Å². The van der Waals surface area contributed by atoms with Crippen LogP contribution in [0.2, 0.25) is 5.02 Å². The van der Waals surface area contributed by atoms with E-state index in [-0.39, 0.29) is 11.5 Å². The minimum Gasteiger partial charge on any atom is -0.465 e. The second-order valence-electron chi connectivity index (χ2n) is 4.28. The van der Waals surface area contributed by atoms with Crippen molar-refractivity contribution in [2.24, 2.45) is 0 Å². The van der Waals surface area contributed by atoms with Crippen LogP contribution in [0.5, 0.6) is 0 Å². The van der Waals surface area contributed by atoms with Crippen molar-refractivity contribution in [3.8, 4) is 0 Å². The first-order valence-corrected chi connectivity index (χ1v) is 8.13. The summed E-state index contributed by atoms with van der Waals surface area (Å²) in [5, 5.41) is 2.17. The quantitative estimate of drug-likeness (QED) is 0.855. The standard InChI is InChI=1S/C14H14ClNO4S/c1-2-20-14(17)9-16-21(18,19)13-6-4-10-7-12(15)5-3-11(10)8-13/h3-8,16H,2,9H2,1H3. The van der Waals surface area contributed by atoms with Crippen LogP contribution < -0.4 is 4.72 Å². The van der Waals surface area contributed by atoms with Crippen molar-refractivity contribution in [3.63, 3.8) is 0 Å². The van der Waals surface area contributed by atoms with E-state index in [1.807, 2.05) is 0 Å². The van der Waals surface area contributed by atoms with E-state index in [0.29, 0.717) is 5.02 Å². The number of hydrogen-bond acceptors (Lipinski definition) is 4. The monoisotopic (exact) mass is 327 g/mol. The Labute approximate surface area is 127 Å². The fourth-order valence-electron chi connectivity index (χ4n) is 1.81. The molecular weight excluding hydrogens is 314 g/mol. The molecule has 0 unspecified atom stereocenters. The van der Waals surface area contributed by atoms with Crippen molar-refractivity contribution < 1.29 is 17.9 Å². The summed E-state index contributed by atoms with van der Waals surface area (Å²) in [6.07, 6.45) is 0. The average Bonchev–Trinajstić information content (AvgIpc) is 2.45. The molecule has 2 rings (SSSR count). The number of carbonyl (C=O) groups excluding carboxylic acids is 1. The molecule has 0 aliphatic rings. The molecule has 0 fully saturated rings. The molecular formula is C14H14ClNO4S. The summed E-state index contributed by atoms with van der Waals surface area (Å²) in [6.45, 7) is 1.47. The van der Waals surface area contributed by atoms with Crippen LogP contribution in [0.15, 0.2) is 41.3 Å². The third kappa shape index (κ3) is 3.93. The zero-order chi connectivity index (χ0) is 15.5. The van der Waals surface area contributed by atoms with E-state index in [2.05, 4.69) is 9.46 Å². The topological polar surface area (TPSA) is 72.5 Å². The van der Waals surface area contributed by atoms with Gasteiger partial charge in [0.05, 0.1) is 11.5 Å². The van der Waals surface area contributed by atoms with E-state index >= 15 is 0 Å². The lowest BCUT2D eigenvalue weighted by molar-refractivity contribution is -0.141. The summed E-state index contributed by atoms with van der Waals surface area (Å²) in [5.74, 6) is -0.617. The molecule has 0 bridgehead atoms. The zero-order valence-corrected chi connectivity index (χ0v) is 12.9. The lowest BCUT2D eigenvalue weighted by Crippen LogP contribution is -2.30. The Hall–Kier alpha value is -1.63. The maximum Gasteiger partial charge on any atom is 0.321 e. The lowest BCUT2D eigenvalue weighted by atomic mass is 10.1. The Kier molecular flexibility index (Phi) is 4.82. The van der Waals surface area contributed by atoms with Crippen LogP contribution in [0.4, 0.5) is 0 Å². The Bertz CT molecular complexity index is 774. The molecule has 0 heterocycles. The van der Waals surface area contributed by atoms with Gasteiger partial charge in [0.15, 0.2) is 0 Å². The van der Waals surface area contributed by atoms with E-state index in [9.17, 15) is 13.2 Å². The first-order valence-electron chi connectivity index (χ1n) is 6.27. The Balaban J connectivity index is 2.24. The highest BCUT2D eigenvalue weighted by Gasteiger charge is 2.16. The van der Waals surface area contributed by atoms with Gasteiger partial charge in [-0.2, -0.15) is 4.72 Å².